The third-order valence-corrected chi connectivity index (χ3v) is 5.25. The van der Waals surface area contributed by atoms with Crippen LogP contribution in [-0.2, 0) is 9.53 Å². The number of hydrogen-bond acceptors (Lipinski definition) is 4. The van der Waals surface area contributed by atoms with Gasteiger partial charge in [-0.2, -0.15) is 0 Å². The minimum absolute atomic E-state index is 0.211. The molecule has 1 atom stereocenters. The number of nitrogens with one attached hydrogen (secondary N) is 2. The Morgan fingerprint density at radius 2 is 1.72 bits per heavy atom. The first-order valence-corrected chi connectivity index (χ1v) is 9.99. The molecular formula is C22H21BrN2O4. The number of carbonyl (C=O) groups is 3. The van der Waals surface area contributed by atoms with E-state index in [-0.39, 0.29) is 11.7 Å². The Labute approximate surface area is 176 Å². The molecule has 2 aromatic carbocycles. The summed E-state index contributed by atoms with van der Waals surface area (Å²) in [5.41, 5.74) is 1.72. The fourth-order valence-electron chi connectivity index (χ4n) is 2.97. The van der Waals surface area contributed by atoms with Gasteiger partial charge < -0.3 is 15.0 Å². The number of carbonyl (C=O) groups excluding carboxylic acids is 3. The molecule has 0 fully saturated rings. The van der Waals surface area contributed by atoms with E-state index >= 15 is 0 Å². The van der Waals surface area contributed by atoms with Gasteiger partial charge in [0.1, 0.15) is 6.04 Å². The van der Waals surface area contributed by atoms with Crippen LogP contribution >= 0.6 is 15.9 Å². The van der Waals surface area contributed by atoms with Crippen molar-refractivity contribution in [3.8, 4) is 0 Å². The fourth-order valence-corrected chi connectivity index (χ4v) is 3.43. The first-order chi connectivity index (χ1) is 13.9. The third kappa shape index (κ3) is 4.74. The number of ketones is 1. The van der Waals surface area contributed by atoms with Crippen LogP contribution in [0.4, 0.5) is 0 Å². The molecule has 0 radical (unpaired) electrons. The Morgan fingerprint density at radius 3 is 2.45 bits per heavy atom. The number of esters is 1. The second kappa shape index (κ2) is 9.05. The monoisotopic (exact) mass is 456 g/mol. The number of halogens is 1. The molecule has 3 aromatic rings. The molecule has 0 bridgehead atoms. The molecule has 0 spiro atoms. The number of ether oxygens (including phenoxy) is 1. The Balaban J connectivity index is 1.66. The van der Waals surface area contributed by atoms with Crippen LogP contribution in [0.5, 0.6) is 0 Å². The second-order valence-electron chi connectivity index (χ2n) is 6.95. The first-order valence-electron chi connectivity index (χ1n) is 9.20. The maximum Gasteiger partial charge on any atom is 0.329 e. The summed E-state index contributed by atoms with van der Waals surface area (Å²) < 4.78 is 5.87. The fraction of sp³-hybridized carbons (Fsp3) is 0.227. The summed E-state index contributed by atoms with van der Waals surface area (Å²) in [7, 11) is 0. The first kappa shape index (κ1) is 20.8. The molecule has 29 heavy (non-hydrogen) atoms. The van der Waals surface area contributed by atoms with Gasteiger partial charge in [0.15, 0.2) is 6.61 Å². The second-order valence-corrected chi connectivity index (χ2v) is 7.81. The number of para-hydroxylation sites is 1. The largest absolute Gasteiger partial charge is 0.456 e. The number of H-pyrrole nitrogens is 1. The summed E-state index contributed by atoms with van der Waals surface area (Å²) in [4.78, 5) is 40.6. The van der Waals surface area contributed by atoms with Crippen LogP contribution < -0.4 is 5.32 Å². The number of aromatic nitrogens is 1. The number of aromatic amines is 1. The summed E-state index contributed by atoms with van der Waals surface area (Å²) in [5, 5.41) is 3.47. The number of hydrogen-bond donors (Lipinski definition) is 2. The quantitative estimate of drug-likeness (QED) is 0.413. The summed E-state index contributed by atoms with van der Waals surface area (Å²) in [6.45, 7) is 3.20. The lowest BCUT2D eigenvalue weighted by molar-refractivity contribution is -0.145. The van der Waals surface area contributed by atoms with Gasteiger partial charge in [-0.05, 0) is 40.0 Å². The van der Waals surface area contributed by atoms with Gasteiger partial charge in [-0.25, -0.2) is 4.79 Å². The highest BCUT2D eigenvalue weighted by Crippen LogP contribution is 2.19. The third-order valence-electron chi connectivity index (χ3n) is 4.56. The molecule has 7 heteroatoms. The zero-order valence-corrected chi connectivity index (χ0v) is 17.7. The molecule has 150 valence electrons. The molecule has 1 heterocycles. The van der Waals surface area contributed by atoms with Crippen molar-refractivity contribution in [3.05, 3.63) is 70.3 Å². The van der Waals surface area contributed by atoms with Crippen molar-refractivity contribution in [1.82, 2.24) is 10.3 Å². The molecular weight excluding hydrogens is 436 g/mol. The number of rotatable bonds is 7. The van der Waals surface area contributed by atoms with E-state index in [2.05, 4.69) is 26.2 Å². The zero-order chi connectivity index (χ0) is 21.0. The van der Waals surface area contributed by atoms with E-state index in [4.69, 9.17) is 4.74 Å². The van der Waals surface area contributed by atoms with Crippen molar-refractivity contribution in [2.45, 2.75) is 19.9 Å². The lowest BCUT2D eigenvalue weighted by Gasteiger charge is -2.21. The van der Waals surface area contributed by atoms with Crippen LogP contribution in [0.1, 0.15) is 34.6 Å². The topological polar surface area (TPSA) is 88.3 Å². The summed E-state index contributed by atoms with van der Waals surface area (Å²) >= 11 is 3.33. The van der Waals surface area contributed by atoms with Crippen LogP contribution in [0.3, 0.4) is 0 Å². The van der Waals surface area contributed by atoms with Crippen molar-refractivity contribution in [2.24, 2.45) is 5.92 Å². The minimum atomic E-state index is -0.870. The maximum atomic E-state index is 12.6. The molecule has 2 N–H and O–H groups in total. The van der Waals surface area contributed by atoms with Gasteiger partial charge in [0.05, 0.1) is 5.56 Å². The van der Waals surface area contributed by atoms with Crippen molar-refractivity contribution in [1.29, 1.82) is 0 Å². The van der Waals surface area contributed by atoms with E-state index in [1.165, 1.54) is 0 Å². The van der Waals surface area contributed by atoms with E-state index in [9.17, 15) is 14.4 Å². The van der Waals surface area contributed by atoms with Crippen molar-refractivity contribution in [3.63, 3.8) is 0 Å². The number of amides is 1. The smallest absolute Gasteiger partial charge is 0.329 e. The lowest BCUT2D eigenvalue weighted by Crippen LogP contribution is -2.45. The van der Waals surface area contributed by atoms with Gasteiger partial charge in [0, 0.05) is 27.1 Å². The Kier molecular flexibility index (Phi) is 6.49. The number of benzene rings is 2. The van der Waals surface area contributed by atoms with Gasteiger partial charge in [-0.1, -0.05) is 44.2 Å². The average molecular weight is 457 g/mol. The van der Waals surface area contributed by atoms with Crippen LogP contribution in [-0.4, -0.2) is 35.3 Å². The molecule has 1 aromatic heterocycles. The van der Waals surface area contributed by atoms with E-state index < -0.39 is 24.5 Å². The average Bonchev–Trinajstić information content (AvgIpc) is 3.14. The zero-order valence-electron chi connectivity index (χ0n) is 16.1. The van der Waals surface area contributed by atoms with Gasteiger partial charge in [0.2, 0.25) is 5.78 Å². The predicted molar refractivity (Wildman–Crippen MR) is 114 cm³/mol. The van der Waals surface area contributed by atoms with Gasteiger partial charge in [-0.15, -0.1) is 0 Å². The van der Waals surface area contributed by atoms with E-state index in [1.807, 2.05) is 24.3 Å². The molecule has 0 saturated heterocycles. The number of fused-ring (bicyclic) bond motifs is 1. The molecule has 3 rings (SSSR count). The van der Waals surface area contributed by atoms with Gasteiger partial charge in [0.25, 0.3) is 5.91 Å². The normalized spacial score (nSPS) is 12.0. The summed E-state index contributed by atoms with van der Waals surface area (Å²) in [5.74, 6) is -1.56. The van der Waals surface area contributed by atoms with Gasteiger partial charge >= 0.3 is 5.97 Å². The van der Waals surface area contributed by atoms with Crippen LogP contribution in [0.25, 0.3) is 10.9 Å². The van der Waals surface area contributed by atoms with E-state index in [0.717, 1.165) is 10.9 Å². The predicted octanol–water partition coefficient (Wildman–Crippen LogP) is 4.11. The van der Waals surface area contributed by atoms with Crippen molar-refractivity contribution < 1.29 is 19.1 Å². The summed E-state index contributed by atoms with van der Waals surface area (Å²) in [6, 6.07) is 13.5. The van der Waals surface area contributed by atoms with Crippen molar-refractivity contribution in [2.75, 3.05) is 6.61 Å². The Bertz CT molecular complexity index is 1060. The summed E-state index contributed by atoms with van der Waals surface area (Å²) in [6.07, 6.45) is 1.61. The molecule has 1 amide bonds. The highest BCUT2D eigenvalue weighted by atomic mass is 79.9. The highest BCUT2D eigenvalue weighted by molar-refractivity contribution is 9.10. The SMILES string of the molecule is CC(C)C(NC(=O)c1ccccc1Br)C(=O)OCC(=O)c1c[nH]c2ccccc12. The van der Waals surface area contributed by atoms with Crippen LogP contribution in [0.15, 0.2) is 59.2 Å². The standard InChI is InChI=1S/C22H21BrN2O4/c1-13(2)20(25-21(27)15-8-3-5-9-17(15)23)22(28)29-12-19(26)16-11-24-18-10-6-4-7-14(16)18/h3-11,13,20,24H,12H2,1-2H3,(H,25,27). The van der Waals surface area contributed by atoms with Crippen LogP contribution in [0.2, 0.25) is 0 Å². The minimum Gasteiger partial charge on any atom is -0.456 e. The molecule has 6 nitrogen and oxygen atoms in total. The molecule has 0 aliphatic heterocycles. The highest BCUT2D eigenvalue weighted by Gasteiger charge is 2.27. The molecule has 0 saturated carbocycles. The van der Waals surface area contributed by atoms with Crippen molar-refractivity contribution >= 4 is 44.5 Å². The molecule has 0 aliphatic rings. The van der Waals surface area contributed by atoms with Gasteiger partial charge in [-0.3, -0.25) is 9.59 Å². The lowest BCUT2D eigenvalue weighted by atomic mass is 10.0. The molecule has 0 aliphatic carbocycles. The Morgan fingerprint density at radius 1 is 1.03 bits per heavy atom. The van der Waals surface area contributed by atoms with Crippen LogP contribution in [0, 0.1) is 5.92 Å². The molecule has 1 unspecified atom stereocenters. The van der Waals surface area contributed by atoms with E-state index in [1.54, 1.807) is 44.3 Å². The number of Topliss-reactive ketones (excluding diaryl/α,β-unsaturated/α-hetero) is 1. The maximum absolute atomic E-state index is 12.6. The Hall–Kier alpha value is -2.93. The van der Waals surface area contributed by atoms with E-state index in [0.29, 0.717) is 15.6 Å².